The number of carbonyl (C=O) groups is 2. The summed E-state index contributed by atoms with van der Waals surface area (Å²) < 4.78 is 0. The number of nitrogens with zero attached hydrogens (tertiary/aromatic N) is 1. The van der Waals surface area contributed by atoms with Crippen molar-refractivity contribution in [3.05, 3.63) is 35.4 Å². The second kappa shape index (κ2) is 6.52. The van der Waals surface area contributed by atoms with E-state index in [1.54, 1.807) is 23.6 Å². The van der Waals surface area contributed by atoms with E-state index in [1.807, 2.05) is 45.0 Å². The summed E-state index contributed by atoms with van der Waals surface area (Å²) in [4.78, 5) is 26.2. The van der Waals surface area contributed by atoms with Gasteiger partial charge in [-0.25, -0.2) is 0 Å². The number of rotatable bonds is 4. The maximum Gasteiger partial charge on any atom is 0.242 e. The van der Waals surface area contributed by atoms with Crippen LogP contribution in [0.2, 0.25) is 0 Å². The smallest absolute Gasteiger partial charge is 0.242 e. The molecule has 1 aromatic carbocycles. The molecule has 2 amide bonds. The van der Waals surface area contributed by atoms with Crippen molar-refractivity contribution in [3.63, 3.8) is 0 Å². The molecule has 0 aliphatic carbocycles. The van der Waals surface area contributed by atoms with Crippen molar-refractivity contribution in [2.45, 2.75) is 45.2 Å². The second-order valence-corrected chi connectivity index (χ2v) is 6.73. The number of aryl methyl sites for hydroxylation is 1. The van der Waals surface area contributed by atoms with Crippen molar-refractivity contribution in [1.29, 1.82) is 0 Å². The molecule has 2 rings (SSSR count). The first-order valence-electron chi connectivity index (χ1n) is 7.20. The molecule has 1 aliphatic heterocycles. The molecule has 1 fully saturated rings. The third kappa shape index (κ3) is 3.40. The predicted molar refractivity (Wildman–Crippen MR) is 86.0 cm³/mol. The van der Waals surface area contributed by atoms with Crippen LogP contribution in [0, 0.1) is 6.92 Å². The molecule has 2 atom stereocenters. The number of hydrogen-bond acceptors (Lipinski definition) is 3. The molecule has 0 aromatic heterocycles. The first-order valence-corrected chi connectivity index (χ1v) is 8.25. The van der Waals surface area contributed by atoms with Crippen LogP contribution >= 0.6 is 11.8 Å². The maximum absolute atomic E-state index is 12.2. The van der Waals surface area contributed by atoms with Crippen LogP contribution in [0.15, 0.2) is 24.3 Å². The highest BCUT2D eigenvalue weighted by Gasteiger charge is 2.39. The average Bonchev–Trinajstić information content (AvgIpc) is 2.79. The third-order valence-electron chi connectivity index (χ3n) is 3.59. The number of benzene rings is 1. The summed E-state index contributed by atoms with van der Waals surface area (Å²) in [6, 6.07) is 7.64. The second-order valence-electron chi connectivity index (χ2n) is 5.66. The molecule has 0 radical (unpaired) electrons. The average molecular weight is 306 g/mol. The van der Waals surface area contributed by atoms with Crippen LogP contribution in [0.3, 0.4) is 0 Å². The fourth-order valence-electron chi connectivity index (χ4n) is 2.49. The highest BCUT2D eigenvalue weighted by molar-refractivity contribution is 8.00. The highest BCUT2D eigenvalue weighted by Crippen LogP contribution is 2.41. The minimum absolute atomic E-state index is 0.0275. The van der Waals surface area contributed by atoms with Crippen LogP contribution < -0.4 is 5.32 Å². The minimum atomic E-state index is -0.459. The first-order chi connectivity index (χ1) is 9.91. The summed E-state index contributed by atoms with van der Waals surface area (Å²) in [5.74, 6) is 0.359. The van der Waals surface area contributed by atoms with E-state index in [0.717, 1.165) is 11.1 Å². The standard InChI is InChI=1S/C16H22N2O2S/c1-10(2)17-15(20)12(4)18-14(19)9-21-16(18)13-8-6-5-7-11(13)3/h5-8,10,12,16H,9H2,1-4H3,(H,17,20). The number of nitrogens with one attached hydrogen (secondary N) is 1. The van der Waals surface area contributed by atoms with E-state index in [1.165, 1.54) is 0 Å². The molecule has 21 heavy (non-hydrogen) atoms. The summed E-state index contributed by atoms with van der Waals surface area (Å²) in [5, 5.41) is 2.81. The Morgan fingerprint density at radius 3 is 2.62 bits per heavy atom. The lowest BCUT2D eigenvalue weighted by Crippen LogP contribution is -2.48. The topological polar surface area (TPSA) is 49.4 Å². The van der Waals surface area contributed by atoms with E-state index in [9.17, 15) is 9.59 Å². The Balaban J connectivity index is 2.25. The molecular formula is C16H22N2O2S. The van der Waals surface area contributed by atoms with Gasteiger partial charge in [-0.2, -0.15) is 0 Å². The predicted octanol–water partition coefficient (Wildman–Crippen LogP) is 2.48. The summed E-state index contributed by atoms with van der Waals surface area (Å²) >= 11 is 1.59. The zero-order chi connectivity index (χ0) is 15.6. The van der Waals surface area contributed by atoms with E-state index in [4.69, 9.17) is 0 Å². The zero-order valence-electron chi connectivity index (χ0n) is 12.9. The largest absolute Gasteiger partial charge is 0.352 e. The van der Waals surface area contributed by atoms with E-state index in [-0.39, 0.29) is 23.2 Å². The molecule has 0 saturated carbocycles. The van der Waals surface area contributed by atoms with Gasteiger partial charge >= 0.3 is 0 Å². The van der Waals surface area contributed by atoms with E-state index in [0.29, 0.717) is 5.75 Å². The Kier molecular flexibility index (Phi) is 4.93. The number of hydrogen-bond donors (Lipinski definition) is 1. The van der Waals surface area contributed by atoms with Gasteiger partial charge in [0.2, 0.25) is 11.8 Å². The number of thioether (sulfide) groups is 1. The van der Waals surface area contributed by atoms with Gasteiger partial charge in [0, 0.05) is 6.04 Å². The van der Waals surface area contributed by atoms with Crippen LogP contribution in [0.25, 0.3) is 0 Å². The van der Waals surface area contributed by atoms with Crippen LogP contribution in [-0.4, -0.2) is 34.6 Å². The van der Waals surface area contributed by atoms with Gasteiger partial charge in [0.1, 0.15) is 11.4 Å². The molecule has 4 nitrogen and oxygen atoms in total. The lowest BCUT2D eigenvalue weighted by atomic mass is 10.1. The van der Waals surface area contributed by atoms with Gasteiger partial charge in [-0.05, 0) is 38.8 Å². The number of carbonyl (C=O) groups excluding carboxylic acids is 2. The quantitative estimate of drug-likeness (QED) is 0.930. The van der Waals surface area contributed by atoms with E-state index >= 15 is 0 Å². The normalized spacial score (nSPS) is 20.0. The van der Waals surface area contributed by atoms with E-state index < -0.39 is 6.04 Å². The van der Waals surface area contributed by atoms with Crippen molar-refractivity contribution in [1.82, 2.24) is 10.2 Å². The zero-order valence-corrected chi connectivity index (χ0v) is 13.7. The molecule has 1 aromatic rings. The maximum atomic E-state index is 12.2. The molecule has 1 N–H and O–H groups in total. The van der Waals surface area contributed by atoms with Crippen LogP contribution in [0.1, 0.15) is 37.3 Å². The SMILES string of the molecule is Cc1ccccc1C1SCC(=O)N1C(C)C(=O)NC(C)C. The van der Waals surface area contributed by atoms with Gasteiger partial charge in [-0.15, -0.1) is 11.8 Å². The molecule has 0 spiro atoms. The van der Waals surface area contributed by atoms with Crippen molar-refractivity contribution in [3.8, 4) is 0 Å². The minimum Gasteiger partial charge on any atom is -0.352 e. The lowest BCUT2D eigenvalue weighted by molar-refractivity contribution is -0.138. The summed E-state index contributed by atoms with van der Waals surface area (Å²) in [7, 11) is 0. The fourth-order valence-corrected chi connectivity index (χ4v) is 3.84. The molecule has 1 aliphatic rings. The van der Waals surface area contributed by atoms with Gasteiger partial charge < -0.3 is 10.2 Å². The van der Waals surface area contributed by atoms with Crippen molar-refractivity contribution >= 4 is 23.6 Å². The van der Waals surface area contributed by atoms with Gasteiger partial charge in [0.05, 0.1) is 5.75 Å². The third-order valence-corrected chi connectivity index (χ3v) is 4.80. The molecule has 0 bridgehead atoms. The Morgan fingerprint density at radius 2 is 2.00 bits per heavy atom. The molecule has 114 valence electrons. The summed E-state index contributed by atoms with van der Waals surface area (Å²) in [5.41, 5.74) is 2.25. The Labute approximate surface area is 130 Å². The van der Waals surface area contributed by atoms with Crippen LogP contribution in [0.4, 0.5) is 0 Å². The lowest BCUT2D eigenvalue weighted by Gasteiger charge is -2.30. The number of amides is 2. The van der Waals surface area contributed by atoms with Gasteiger partial charge in [-0.1, -0.05) is 24.3 Å². The molecular weight excluding hydrogens is 284 g/mol. The fraction of sp³-hybridized carbons (Fsp3) is 0.500. The summed E-state index contributed by atoms with van der Waals surface area (Å²) in [6.45, 7) is 7.68. The highest BCUT2D eigenvalue weighted by atomic mass is 32.2. The van der Waals surface area contributed by atoms with Crippen LogP contribution in [0.5, 0.6) is 0 Å². The van der Waals surface area contributed by atoms with Gasteiger partial charge in [0.15, 0.2) is 0 Å². The Morgan fingerprint density at radius 1 is 1.33 bits per heavy atom. The van der Waals surface area contributed by atoms with Crippen molar-refractivity contribution in [2.75, 3.05) is 5.75 Å². The Bertz CT molecular complexity index is 545. The van der Waals surface area contributed by atoms with Gasteiger partial charge in [0.25, 0.3) is 0 Å². The van der Waals surface area contributed by atoms with Crippen molar-refractivity contribution < 1.29 is 9.59 Å². The Hall–Kier alpha value is -1.49. The molecule has 1 heterocycles. The molecule has 1 saturated heterocycles. The van der Waals surface area contributed by atoms with Crippen molar-refractivity contribution in [2.24, 2.45) is 0 Å². The summed E-state index contributed by atoms with van der Waals surface area (Å²) in [6.07, 6.45) is 0. The monoisotopic (exact) mass is 306 g/mol. The first kappa shape index (κ1) is 15.9. The molecule has 5 heteroatoms. The van der Waals surface area contributed by atoms with E-state index in [2.05, 4.69) is 5.32 Å². The van der Waals surface area contributed by atoms with Gasteiger partial charge in [-0.3, -0.25) is 9.59 Å². The van der Waals surface area contributed by atoms with Crippen LogP contribution in [-0.2, 0) is 9.59 Å². The molecule has 2 unspecified atom stereocenters.